The smallest absolute Gasteiger partial charge is 0.307 e. The van der Waals surface area contributed by atoms with Crippen LogP contribution in [0.4, 0.5) is 0 Å². The summed E-state index contributed by atoms with van der Waals surface area (Å²) < 4.78 is 5.07. The Kier molecular flexibility index (Phi) is 4.87. The maximum Gasteiger partial charge on any atom is 0.307 e. The maximum atomic E-state index is 10.7. The molecule has 0 atom stereocenters. The molecular weight excluding hydrogens is 272 g/mol. The van der Waals surface area contributed by atoms with Crippen molar-refractivity contribution in [2.45, 2.75) is 6.42 Å². The highest BCUT2D eigenvalue weighted by atomic mass is 79.9. The number of carboxylic acids is 1. The van der Waals surface area contributed by atoms with Gasteiger partial charge in [-0.15, -0.1) is 0 Å². The molecule has 0 radical (unpaired) electrons. The van der Waals surface area contributed by atoms with Crippen LogP contribution in [-0.4, -0.2) is 23.5 Å². The first-order valence-electron chi connectivity index (χ1n) is 4.61. The fourth-order valence-corrected chi connectivity index (χ4v) is 1.38. The van der Waals surface area contributed by atoms with Gasteiger partial charge in [-0.1, -0.05) is 33.8 Å². The molecule has 0 bridgehead atoms. The zero-order chi connectivity index (χ0) is 12.0. The van der Waals surface area contributed by atoms with E-state index in [1.807, 2.05) is 0 Å². The van der Waals surface area contributed by atoms with Crippen LogP contribution in [0.15, 0.2) is 18.2 Å². The summed E-state index contributed by atoms with van der Waals surface area (Å²) >= 11 is 3.20. The standard InChI is InChI=1S/C12H11BrO3/c1-16-11-5-4-10(8-12(14)15)9(7-11)3-2-6-13/h4-5,7H,6,8H2,1H3,(H,14,15). The molecular formula is C12H11BrO3. The van der Waals surface area contributed by atoms with Gasteiger partial charge in [0.05, 0.1) is 18.9 Å². The van der Waals surface area contributed by atoms with E-state index >= 15 is 0 Å². The van der Waals surface area contributed by atoms with Crippen molar-refractivity contribution in [3.63, 3.8) is 0 Å². The number of carbonyl (C=O) groups is 1. The molecule has 0 saturated carbocycles. The highest BCUT2D eigenvalue weighted by molar-refractivity contribution is 9.09. The van der Waals surface area contributed by atoms with Gasteiger partial charge in [0.15, 0.2) is 0 Å². The summed E-state index contributed by atoms with van der Waals surface area (Å²) in [5, 5.41) is 9.31. The number of aliphatic carboxylic acids is 1. The monoisotopic (exact) mass is 282 g/mol. The molecule has 16 heavy (non-hydrogen) atoms. The lowest BCUT2D eigenvalue weighted by molar-refractivity contribution is -0.136. The second kappa shape index (κ2) is 6.19. The minimum Gasteiger partial charge on any atom is -0.497 e. The topological polar surface area (TPSA) is 46.5 Å². The van der Waals surface area contributed by atoms with Gasteiger partial charge in [-0.2, -0.15) is 0 Å². The van der Waals surface area contributed by atoms with Crippen molar-refractivity contribution in [1.29, 1.82) is 0 Å². The van der Waals surface area contributed by atoms with Gasteiger partial charge >= 0.3 is 5.97 Å². The molecule has 4 heteroatoms. The van der Waals surface area contributed by atoms with Gasteiger partial charge < -0.3 is 9.84 Å². The largest absolute Gasteiger partial charge is 0.497 e. The van der Waals surface area contributed by atoms with Crippen LogP contribution in [0.25, 0.3) is 0 Å². The Morgan fingerprint density at radius 2 is 2.31 bits per heavy atom. The molecule has 3 nitrogen and oxygen atoms in total. The van der Waals surface area contributed by atoms with Crippen molar-refractivity contribution in [3.05, 3.63) is 29.3 Å². The Morgan fingerprint density at radius 3 is 2.88 bits per heavy atom. The van der Waals surface area contributed by atoms with Gasteiger partial charge in [-0.25, -0.2) is 0 Å². The molecule has 0 saturated heterocycles. The van der Waals surface area contributed by atoms with Crippen LogP contribution in [0.5, 0.6) is 5.75 Å². The van der Waals surface area contributed by atoms with Crippen LogP contribution >= 0.6 is 15.9 Å². The van der Waals surface area contributed by atoms with E-state index in [1.165, 1.54) is 0 Å². The molecule has 0 heterocycles. The second-order valence-electron chi connectivity index (χ2n) is 3.03. The summed E-state index contributed by atoms with van der Waals surface area (Å²) in [4.78, 5) is 10.7. The predicted octanol–water partition coefficient (Wildman–Crippen LogP) is 2.07. The van der Waals surface area contributed by atoms with E-state index in [9.17, 15) is 4.79 Å². The summed E-state index contributed by atoms with van der Waals surface area (Å²) in [7, 11) is 1.56. The number of rotatable bonds is 3. The first kappa shape index (κ1) is 12.6. The fraction of sp³-hybridized carbons (Fsp3) is 0.250. The van der Waals surface area contributed by atoms with E-state index in [4.69, 9.17) is 9.84 Å². The van der Waals surface area contributed by atoms with Crippen LogP contribution in [0, 0.1) is 11.8 Å². The van der Waals surface area contributed by atoms with Crippen LogP contribution in [0.2, 0.25) is 0 Å². The molecule has 84 valence electrons. The second-order valence-corrected chi connectivity index (χ2v) is 3.59. The highest BCUT2D eigenvalue weighted by Gasteiger charge is 2.06. The molecule has 0 aromatic heterocycles. The van der Waals surface area contributed by atoms with Gasteiger partial charge in [0.25, 0.3) is 0 Å². The van der Waals surface area contributed by atoms with Gasteiger partial charge in [0, 0.05) is 5.56 Å². The number of alkyl halides is 1. The Bertz CT molecular complexity index is 443. The summed E-state index contributed by atoms with van der Waals surface area (Å²) in [6.45, 7) is 0. The van der Waals surface area contributed by atoms with Crippen LogP contribution in [0.3, 0.4) is 0 Å². The first-order chi connectivity index (χ1) is 7.67. The molecule has 0 aliphatic heterocycles. The molecule has 0 unspecified atom stereocenters. The maximum absolute atomic E-state index is 10.7. The summed E-state index contributed by atoms with van der Waals surface area (Å²) in [6, 6.07) is 5.21. The van der Waals surface area contributed by atoms with E-state index in [2.05, 4.69) is 27.8 Å². The zero-order valence-corrected chi connectivity index (χ0v) is 10.4. The molecule has 0 aliphatic rings. The van der Waals surface area contributed by atoms with Crippen LogP contribution in [0.1, 0.15) is 11.1 Å². The van der Waals surface area contributed by atoms with E-state index in [0.29, 0.717) is 22.2 Å². The van der Waals surface area contributed by atoms with Gasteiger partial charge in [0.1, 0.15) is 5.75 Å². The first-order valence-corrected chi connectivity index (χ1v) is 5.73. The van der Waals surface area contributed by atoms with Crippen molar-refractivity contribution < 1.29 is 14.6 Å². The predicted molar refractivity (Wildman–Crippen MR) is 65.0 cm³/mol. The van der Waals surface area contributed by atoms with Gasteiger partial charge in [-0.3, -0.25) is 4.79 Å². The normalized spacial score (nSPS) is 9.12. The van der Waals surface area contributed by atoms with Crippen molar-refractivity contribution in [1.82, 2.24) is 0 Å². The SMILES string of the molecule is COc1ccc(CC(=O)O)c(C#CCBr)c1. The van der Waals surface area contributed by atoms with Crippen molar-refractivity contribution in [3.8, 4) is 17.6 Å². The zero-order valence-electron chi connectivity index (χ0n) is 8.79. The highest BCUT2D eigenvalue weighted by Crippen LogP contribution is 2.17. The average molecular weight is 283 g/mol. The van der Waals surface area contributed by atoms with E-state index in [1.54, 1.807) is 25.3 Å². The molecule has 1 N–H and O–H groups in total. The number of carboxylic acid groups (broad SMARTS) is 1. The van der Waals surface area contributed by atoms with Gasteiger partial charge in [0.2, 0.25) is 0 Å². The third kappa shape index (κ3) is 3.59. The lowest BCUT2D eigenvalue weighted by atomic mass is 10.0. The molecule has 0 aliphatic carbocycles. The van der Waals surface area contributed by atoms with Crippen LogP contribution in [-0.2, 0) is 11.2 Å². The lowest BCUT2D eigenvalue weighted by Gasteiger charge is -2.04. The third-order valence-corrected chi connectivity index (χ3v) is 2.23. The molecule has 0 spiro atoms. The molecule has 1 rings (SSSR count). The Morgan fingerprint density at radius 1 is 1.56 bits per heavy atom. The molecule has 0 fully saturated rings. The molecule has 0 amide bonds. The number of hydrogen-bond donors (Lipinski definition) is 1. The van der Waals surface area contributed by atoms with E-state index in [0.717, 1.165) is 0 Å². The van der Waals surface area contributed by atoms with Crippen molar-refractivity contribution in [2.75, 3.05) is 12.4 Å². The van der Waals surface area contributed by atoms with Crippen LogP contribution < -0.4 is 4.74 Å². The molecule has 1 aromatic rings. The minimum absolute atomic E-state index is 0.0315. The van der Waals surface area contributed by atoms with Gasteiger partial charge in [-0.05, 0) is 17.7 Å². The number of benzene rings is 1. The lowest BCUT2D eigenvalue weighted by Crippen LogP contribution is -2.02. The van der Waals surface area contributed by atoms with E-state index in [-0.39, 0.29) is 6.42 Å². The van der Waals surface area contributed by atoms with Crippen molar-refractivity contribution >= 4 is 21.9 Å². The van der Waals surface area contributed by atoms with E-state index < -0.39 is 5.97 Å². The Balaban J connectivity index is 3.10. The molecule has 1 aromatic carbocycles. The summed E-state index contributed by atoms with van der Waals surface area (Å²) in [5.74, 6) is 5.56. The fourth-order valence-electron chi connectivity index (χ4n) is 1.24. The average Bonchev–Trinajstić information content (AvgIpc) is 2.27. The number of ether oxygens (including phenoxy) is 1. The number of methoxy groups -OCH3 is 1. The summed E-state index contributed by atoms with van der Waals surface area (Å²) in [6.07, 6.45) is -0.0315. The Labute approximate surface area is 103 Å². The Hall–Kier alpha value is -1.47. The third-order valence-electron chi connectivity index (χ3n) is 1.95. The minimum atomic E-state index is -0.868. The number of hydrogen-bond acceptors (Lipinski definition) is 2. The number of halogens is 1. The van der Waals surface area contributed by atoms with Crippen molar-refractivity contribution in [2.24, 2.45) is 0 Å². The quantitative estimate of drug-likeness (QED) is 0.682. The summed E-state index contributed by atoms with van der Waals surface area (Å²) in [5.41, 5.74) is 1.39.